The molecule has 17 nitrogen and oxygen atoms in total. The van der Waals surface area contributed by atoms with Gasteiger partial charge in [0.1, 0.15) is 19.3 Å². The molecule has 0 amide bonds. The van der Waals surface area contributed by atoms with Gasteiger partial charge in [-0.3, -0.25) is 37.3 Å². The van der Waals surface area contributed by atoms with E-state index in [4.69, 9.17) is 37.0 Å². The van der Waals surface area contributed by atoms with Gasteiger partial charge in [-0.05, 0) is 37.5 Å². The first-order chi connectivity index (χ1) is 47.9. The fourth-order valence-electron chi connectivity index (χ4n) is 12.4. The van der Waals surface area contributed by atoms with Gasteiger partial charge in [0.2, 0.25) is 0 Å². The molecule has 588 valence electrons. The Morgan fingerprint density at radius 1 is 0.273 bits per heavy atom. The van der Waals surface area contributed by atoms with Crippen LogP contribution in [0.2, 0.25) is 0 Å². The molecule has 2 unspecified atom stereocenters. The fraction of sp³-hybridized carbons (Fsp3) is 0.950. The quantitative estimate of drug-likeness (QED) is 0.0222. The van der Waals surface area contributed by atoms with Crippen LogP contribution in [0.3, 0.4) is 0 Å². The number of phosphoric ester groups is 2. The van der Waals surface area contributed by atoms with Gasteiger partial charge >= 0.3 is 39.5 Å². The molecular weight excluding hydrogens is 1290 g/mol. The molecule has 0 rings (SSSR count). The summed E-state index contributed by atoms with van der Waals surface area (Å²) in [6, 6.07) is 0. The van der Waals surface area contributed by atoms with Crippen LogP contribution < -0.4 is 0 Å². The van der Waals surface area contributed by atoms with Crippen molar-refractivity contribution in [2.24, 2.45) is 11.8 Å². The minimum absolute atomic E-state index is 0.106. The van der Waals surface area contributed by atoms with Crippen molar-refractivity contribution in [3.8, 4) is 0 Å². The van der Waals surface area contributed by atoms with Gasteiger partial charge in [-0.25, -0.2) is 9.13 Å². The molecule has 0 heterocycles. The maximum Gasteiger partial charge on any atom is 0.472 e. The van der Waals surface area contributed by atoms with E-state index in [-0.39, 0.29) is 25.7 Å². The van der Waals surface area contributed by atoms with Crippen LogP contribution >= 0.6 is 15.6 Å². The van der Waals surface area contributed by atoms with Gasteiger partial charge in [0.15, 0.2) is 12.2 Å². The maximum atomic E-state index is 13.1. The predicted molar refractivity (Wildman–Crippen MR) is 405 cm³/mol. The van der Waals surface area contributed by atoms with Crippen LogP contribution in [0.25, 0.3) is 0 Å². The topological polar surface area (TPSA) is 237 Å². The van der Waals surface area contributed by atoms with Crippen molar-refractivity contribution in [3.63, 3.8) is 0 Å². The zero-order chi connectivity index (χ0) is 72.8. The van der Waals surface area contributed by atoms with E-state index in [2.05, 4.69) is 41.5 Å². The number of hydrogen-bond donors (Lipinski definition) is 3. The Morgan fingerprint density at radius 2 is 0.465 bits per heavy atom. The number of carbonyl (C=O) groups is 4. The van der Waals surface area contributed by atoms with Crippen molar-refractivity contribution < 1.29 is 80.2 Å². The minimum atomic E-state index is -4.96. The summed E-state index contributed by atoms with van der Waals surface area (Å²) in [6.07, 6.45) is 61.0. The third-order valence-corrected chi connectivity index (χ3v) is 20.6. The van der Waals surface area contributed by atoms with Crippen LogP contribution in [0.4, 0.5) is 0 Å². The molecule has 0 bridgehead atoms. The summed E-state index contributed by atoms with van der Waals surface area (Å²) < 4.78 is 68.7. The average Bonchev–Trinajstić information content (AvgIpc) is 1.02. The zero-order valence-electron chi connectivity index (χ0n) is 64.8. The Morgan fingerprint density at radius 3 is 0.687 bits per heavy atom. The monoisotopic (exact) mass is 1450 g/mol. The third-order valence-electron chi connectivity index (χ3n) is 18.7. The van der Waals surface area contributed by atoms with E-state index in [0.29, 0.717) is 25.7 Å². The Hall–Kier alpha value is -1.94. The molecule has 0 aliphatic rings. The summed E-state index contributed by atoms with van der Waals surface area (Å²) >= 11 is 0. The second-order valence-electron chi connectivity index (χ2n) is 29.8. The van der Waals surface area contributed by atoms with E-state index < -0.39 is 97.5 Å². The molecule has 0 aliphatic heterocycles. The van der Waals surface area contributed by atoms with Crippen molar-refractivity contribution in [1.29, 1.82) is 0 Å². The van der Waals surface area contributed by atoms with E-state index in [1.54, 1.807) is 0 Å². The molecule has 5 atom stereocenters. The molecule has 0 aromatic heterocycles. The second kappa shape index (κ2) is 71.7. The SMILES string of the molecule is CCCCCCCCCCCCCCCCCCCCCC(=O)O[C@H](COC(=O)CCCCCCCCCCCCCCC(C)C)COP(=O)(O)OC[C@@H](O)COP(=O)(O)OC[C@@H](COC(=O)CCCCCCCCCCCCCC)OC(=O)CCCCCCCCCCCCC(C)C. The predicted octanol–water partition coefficient (Wildman–Crippen LogP) is 23.9. The van der Waals surface area contributed by atoms with Crippen LogP contribution in [0.5, 0.6) is 0 Å². The number of ether oxygens (including phenoxy) is 4. The molecule has 0 saturated heterocycles. The fourth-order valence-corrected chi connectivity index (χ4v) is 13.9. The summed E-state index contributed by atoms with van der Waals surface area (Å²) in [7, 11) is -9.92. The Labute approximate surface area is 607 Å². The molecule has 0 spiro atoms. The van der Waals surface area contributed by atoms with Gasteiger partial charge in [0.05, 0.1) is 26.4 Å². The molecule has 0 aromatic rings. The van der Waals surface area contributed by atoms with Crippen LogP contribution in [-0.4, -0.2) is 96.7 Å². The highest BCUT2D eigenvalue weighted by molar-refractivity contribution is 7.47. The van der Waals surface area contributed by atoms with Crippen LogP contribution in [0, 0.1) is 11.8 Å². The van der Waals surface area contributed by atoms with E-state index >= 15 is 0 Å². The van der Waals surface area contributed by atoms with E-state index in [0.717, 1.165) is 102 Å². The largest absolute Gasteiger partial charge is 0.472 e. The number of aliphatic hydroxyl groups excluding tert-OH is 1. The molecule has 0 fully saturated rings. The lowest BCUT2D eigenvalue weighted by atomic mass is 10.0. The lowest BCUT2D eigenvalue weighted by Crippen LogP contribution is -2.30. The number of esters is 4. The van der Waals surface area contributed by atoms with Gasteiger partial charge in [-0.15, -0.1) is 0 Å². The second-order valence-corrected chi connectivity index (χ2v) is 32.7. The van der Waals surface area contributed by atoms with E-state index in [9.17, 15) is 43.2 Å². The number of aliphatic hydroxyl groups is 1. The molecule has 19 heteroatoms. The van der Waals surface area contributed by atoms with E-state index in [1.807, 2.05) is 0 Å². The summed E-state index contributed by atoms with van der Waals surface area (Å²) in [6.45, 7) is 9.63. The zero-order valence-corrected chi connectivity index (χ0v) is 66.6. The summed E-state index contributed by atoms with van der Waals surface area (Å²) in [5, 5.41) is 10.6. The van der Waals surface area contributed by atoms with Gasteiger partial charge in [0, 0.05) is 25.7 Å². The molecule has 99 heavy (non-hydrogen) atoms. The first-order valence-electron chi connectivity index (χ1n) is 41.5. The van der Waals surface area contributed by atoms with Gasteiger partial charge in [-0.2, -0.15) is 0 Å². The Balaban J connectivity index is 5.25. The molecule has 0 saturated carbocycles. The number of unbranched alkanes of at least 4 members (excludes halogenated alkanes) is 49. The van der Waals surface area contributed by atoms with Crippen molar-refractivity contribution >= 4 is 39.5 Å². The summed E-state index contributed by atoms with van der Waals surface area (Å²) in [5.41, 5.74) is 0. The highest BCUT2D eigenvalue weighted by Gasteiger charge is 2.30. The number of hydrogen-bond acceptors (Lipinski definition) is 15. The smallest absolute Gasteiger partial charge is 0.462 e. The van der Waals surface area contributed by atoms with Gasteiger partial charge in [-0.1, -0.05) is 369 Å². The molecule has 0 aromatic carbocycles. The first kappa shape index (κ1) is 97.1. The normalized spacial score (nSPS) is 13.9. The van der Waals surface area contributed by atoms with E-state index in [1.165, 1.54) is 238 Å². The van der Waals surface area contributed by atoms with Gasteiger partial charge < -0.3 is 33.8 Å². The molecular formula is C80H156O17P2. The molecule has 0 radical (unpaired) electrons. The lowest BCUT2D eigenvalue weighted by molar-refractivity contribution is -0.161. The highest BCUT2D eigenvalue weighted by atomic mass is 31.2. The summed E-state index contributed by atoms with van der Waals surface area (Å²) in [4.78, 5) is 73.0. The average molecular weight is 1450 g/mol. The summed E-state index contributed by atoms with van der Waals surface area (Å²) in [5.74, 6) is -0.575. The number of rotatable bonds is 79. The highest BCUT2D eigenvalue weighted by Crippen LogP contribution is 2.45. The van der Waals surface area contributed by atoms with Crippen LogP contribution in [0.15, 0.2) is 0 Å². The molecule has 0 aliphatic carbocycles. The Bertz CT molecular complexity index is 1910. The molecule has 3 N–H and O–H groups in total. The Kier molecular flexibility index (Phi) is 70.3. The minimum Gasteiger partial charge on any atom is -0.462 e. The van der Waals surface area contributed by atoms with Crippen molar-refractivity contribution in [1.82, 2.24) is 0 Å². The van der Waals surface area contributed by atoms with Crippen molar-refractivity contribution in [2.45, 2.75) is 439 Å². The number of phosphoric acid groups is 2. The third kappa shape index (κ3) is 74.1. The standard InChI is InChI=1S/C80H156O17P2/c1-7-9-11-13-15-17-19-21-22-23-24-25-26-27-33-40-46-52-58-64-79(84)96-75(68-91-78(83)63-57-51-45-39-32-29-28-30-36-42-48-54-60-72(3)4)70-94-98(86,87)92-66-74(81)67-93-99(88,89)95-71-76(69-90-77(82)62-56-50-44-38-31-20-18-16-14-12-10-8-2)97-80(85)65-59-53-47-41-35-34-37-43-49-55-61-73(5)6/h72-76,81H,7-71H2,1-6H3,(H,86,87)(H,88,89)/t74-,75-,76-/m1/s1. The lowest BCUT2D eigenvalue weighted by Gasteiger charge is -2.21. The van der Waals surface area contributed by atoms with Crippen LogP contribution in [-0.2, 0) is 65.4 Å². The van der Waals surface area contributed by atoms with Crippen LogP contribution in [0.1, 0.15) is 420 Å². The maximum absolute atomic E-state index is 13.1. The van der Waals surface area contributed by atoms with Gasteiger partial charge in [0.25, 0.3) is 0 Å². The first-order valence-corrected chi connectivity index (χ1v) is 44.5. The van der Waals surface area contributed by atoms with Crippen molar-refractivity contribution in [2.75, 3.05) is 39.6 Å². The van der Waals surface area contributed by atoms with Crippen molar-refractivity contribution in [3.05, 3.63) is 0 Å². The number of carbonyl (C=O) groups excluding carboxylic acids is 4.